The van der Waals surface area contributed by atoms with E-state index in [0.717, 1.165) is 17.9 Å². The molecule has 0 aromatic carbocycles. The van der Waals surface area contributed by atoms with E-state index in [-0.39, 0.29) is 0 Å². The first-order valence-corrected chi connectivity index (χ1v) is 5.14. The Morgan fingerprint density at radius 2 is 2.27 bits per heavy atom. The number of hydrogen-bond donors (Lipinski definition) is 1. The molecule has 0 spiro atoms. The number of nitrogens with one attached hydrogen (secondary N) is 1. The van der Waals surface area contributed by atoms with Crippen molar-refractivity contribution in [3.05, 3.63) is 24.0 Å². The van der Waals surface area contributed by atoms with Gasteiger partial charge in [0.25, 0.3) is 0 Å². The molecule has 3 nitrogen and oxygen atoms in total. The minimum Gasteiger partial charge on any atom is -0.492 e. The van der Waals surface area contributed by atoms with Gasteiger partial charge in [-0.2, -0.15) is 0 Å². The third-order valence-electron chi connectivity index (χ3n) is 1.72. The molecular weight excluding hydrogens is 188 g/mol. The molecule has 0 amide bonds. The van der Waals surface area contributed by atoms with Crippen LogP contribution in [0.1, 0.15) is 19.4 Å². The molecule has 1 aromatic heterocycles. The molecule has 1 heterocycles. The minimum atomic E-state index is 0.649. The predicted molar refractivity (Wildman–Crippen MR) is 60.8 cm³/mol. The Labute approximate surface area is 90.9 Å². The SMILES string of the molecule is CCNCC#Cc1cncc(OCC)c1. The molecule has 1 N–H and O–H groups in total. The summed E-state index contributed by atoms with van der Waals surface area (Å²) in [7, 11) is 0. The molecule has 15 heavy (non-hydrogen) atoms. The van der Waals surface area contributed by atoms with Gasteiger partial charge in [-0.1, -0.05) is 18.8 Å². The van der Waals surface area contributed by atoms with Crippen molar-refractivity contribution in [2.45, 2.75) is 13.8 Å². The van der Waals surface area contributed by atoms with Crippen molar-refractivity contribution < 1.29 is 4.74 Å². The Bertz CT molecular complexity index is 352. The fourth-order valence-electron chi connectivity index (χ4n) is 1.07. The van der Waals surface area contributed by atoms with Crippen LogP contribution in [0.4, 0.5) is 0 Å². The van der Waals surface area contributed by atoms with Crippen LogP contribution in [0.2, 0.25) is 0 Å². The zero-order chi connectivity index (χ0) is 10.9. The van der Waals surface area contributed by atoms with Crippen molar-refractivity contribution in [1.29, 1.82) is 0 Å². The lowest BCUT2D eigenvalue weighted by atomic mass is 10.3. The number of rotatable bonds is 4. The summed E-state index contributed by atoms with van der Waals surface area (Å²) in [6.07, 6.45) is 3.43. The highest BCUT2D eigenvalue weighted by Gasteiger charge is 1.93. The summed E-state index contributed by atoms with van der Waals surface area (Å²) in [5.74, 6) is 6.81. The first-order chi connectivity index (χ1) is 7.36. The van der Waals surface area contributed by atoms with E-state index < -0.39 is 0 Å². The maximum absolute atomic E-state index is 5.33. The molecule has 0 unspecified atom stereocenters. The second-order valence-corrected chi connectivity index (χ2v) is 2.92. The van der Waals surface area contributed by atoms with Gasteiger partial charge in [0.15, 0.2) is 0 Å². The highest BCUT2D eigenvalue weighted by atomic mass is 16.5. The van der Waals surface area contributed by atoms with Crippen molar-refractivity contribution in [3.63, 3.8) is 0 Å². The van der Waals surface area contributed by atoms with Crippen LogP contribution in [0.3, 0.4) is 0 Å². The van der Waals surface area contributed by atoms with Crippen molar-refractivity contribution >= 4 is 0 Å². The van der Waals surface area contributed by atoms with Gasteiger partial charge in [0, 0.05) is 11.8 Å². The number of nitrogens with zero attached hydrogens (tertiary/aromatic N) is 1. The van der Waals surface area contributed by atoms with Crippen molar-refractivity contribution in [1.82, 2.24) is 10.3 Å². The molecule has 0 bridgehead atoms. The van der Waals surface area contributed by atoms with Crippen molar-refractivity contribution in [2.24, 2.45) is 0 Å². The molecule has 0 aliphatic heterocycles. The van der Waals surface area contributed by atoms with E-state index in [1.165, 1.54) is 0 Å². The van der Waals surface area contributed by atoms with E-state index in [2.05, 4.69) is 29.1 Å². The molecule has 0 aliphatic rings. The maximum atomic E-state index is 5.33. The van der Waals surface area contributed by atoms with Gasteiger partial charge >= 0.3 is 0 Å². The van der Waals surface area contributed by atoms with E-state index in [9.17, 15) is 0 Å². The van der Waals surface area contributed by atoms with Crippen LogP contribution in [0.15, 0.2) is 18.5 Å². The summed E-state index contributed by atoms with van der Waals surface area (Å²) in [6.45, 7) is 6.29. The largest absolute Gasteiger partial charge is 0.492 e. The molecular formula is C12H16N2O. The van der Waals surface area contributed by atoms with Crippen molar-refractivity contribution in [2.75, 3.05) is 19.7 Å². The van der Waals surface area contributed by atoms with Gasteiger partial charge in [-0.3, -0.25) is 4.98 Å². The standard InChI is InChI=1S/C12H16N2O/c1-3-13-7-5-6-11-8-12(15-4-2)10-14-9-11/h8-10,13H,3-4,7H2,1-2H3. The van der Waals surface area contributed by atoms with Gasteiger partial charge in [0.2, 0.25) is 0 Å². The van der Waals surface area contributed by atoms with Gasteiger partial charge in [0.1, 0.15) is 5.75 Å². The van der Waals surface area contributed by atoms with E-state index in [0.29, 0.717) is 13.2 Å². The van der Waals surface area contributed by atoms with Gasteiger partial charge in [-0.05, 0) is 19.5 Å². The molecule has 1 rings (SSSR count). The quantitative estimate of drug-likeness (QED) is 0.595. The fourth-order valence-corrected chi connectivity index (χ4v) is 1.07. The molecule has 0 saturated carbocycles. The number of hydrogen-bond acceptors (Lipinski definition) is 3. The van der Waals surface area contributed by atoms with Gasteiger partial charge in [-0.15, -0.1) is 0 Å². The minimum absolute atomic E-state index is 0.649. The van der Waals surface area contributed by atoms with Crippen LogP contribution in [0, 0.1) is 11.8 Å². The van der Waals surface area contributed by atoms with Gasteiger partial charge in [-0.25, -0.2) is 0 Å². The predicted octanol–water partition coefficient (Wildman–Crippen LogP) is 1.44. The molecule has 0 fully saturated rings. The smallest absolute Gasteiger partial charge is 0.138 e. The van der Waals surface area contributed by atoms with Crippen LogP contribution in [0.5, 0.6) is 5.75 Å². The zero-order valence-electron chi connectivity index (χ0n) is 9.21. The molecule has 0 atom stereocenters. The highest BCUT2D eigenvalue weighted by molar-refractivity contribution is 5.36. The van der Waals surface area contributed by atoms with E-state index >= 15 is 0 Å². The number of ether oxygens (including phenoxy) is 1. The average molecular weight is 204 g/mol. The molecule has 0 aliphatic carbocycles. The van der Waals surface area contributed by atoms with Crippen LogP contribution in [-0.2, 0) is 0 Å². The van der Waals surface area contributed by atoms with E-state index in [4.69, 9.17) is 4.74 Å². The molecule has 80 valence electrons. The Kier molecular flexibility index (Phi) is 5.28. The first kappa shape index (κ1) is 11.5. The van der Waals surface area contributed by atoms with Gasteiger partial charge < -0.3 is 10.1 Å². The van der Waals surface area contributed by atoms with Crippen LogP contribution >= 0.6 is 0 Å². The fraction of sp³-hybridized carbons (Fsp3) is 0.417. The lowest BCUT2D eigenvalue weighted by molar-refractivity contribution is 0.339. The van der Waals surface area contributed by atoms with E-state index in [1.807, 2.05) is 13.0 Å². The van der Waals surface area contributed by atoms with Crippen LogP contribution < -0.4 is 10.1 Å². The monoisotopic (exact) mass is 204 g/mol. The summed E-state index contributed by atoms with van der Waals surface area (Å²) in [5, 5.41) is 3.13. The Morgan fingerprint density at radius 3 is 3.00 bits per heavy atom. The molecule has 1 aromatic rings. The number of pyridine rings is 1. The Balaban J connectivity index is 2.59. The van der Waals surface area contributed by atoms with Crippen molar-refractivity contribution in [3.8, 4) is 17.6 Å². The average Bonchev–Trinajstić information content (AvgIpc) is 2.26. The summed E-state index contributed by atoms with van der Waals surface area (Å²) in [6, 6.07) is 1.90. The van der Waals surface area contributed by atoms with Crippen LogP contribution in [0.25, 0.3) is 0 Å². The van der Waals surface area contributed by atoms with Crippen LogP contribution in [-0.4, -0.2) is 24.7 Å². The topological polar surface area (TPSA) is 34.2 Å². The summed E-state index contributed by atoms with van der Waals surface area (Å²) in [4.78, 5) is 4.05. The molecule has 0 saturated heterocycles. The third-order valence-corrected chi connectivity index (χ3v) is 1.72. The third kappa shape index (κ3) is 4.48. The normalized spacial score (nSPS) is 9.20. The first-order valence-electron chi connectivity index (χ1n) is 5.14. The van der Waals surface area contributed by atoms with E-state index in [1.54, 1.807) is 12.4 Å². The molecule has 3 heteroatoms. The molecule has 0 radical (unpaired) electrons. The zero-order valence-corrected chi connectivity index (χ0v) is 9.21. The summed E-state index contributed by atoms with van der Waals surface area (Å²) >= 11 is 0. The second-order valence-electron chi connectivity index (χ2n) is 2.92. The maximum Gasteiger partial charge on any atom is 0.138 e. The Morgan fingerprint density at radius 1 is 1.40 bits per heavy atom. The lowest BCUT2D eigenvalue weighted by Gasteiger charge is -2.01. The second kappa shape index (κ2) is 6.86. The number of aromatic nitrogens is 1. The summed E-state index contributed by atoms with van der Waals surface area (Å²) < 4.78 is 5.33. The lowest BCUT2D eigenvalue weighted by Crippen LogP contribution is -2.11. The summed E-state index contributed by atoms with van der Waals surface area (Å²) in [5.41, 5.74) is 0.888. The highest BCUT2D eigenvalue weighted by Crippen LogP contribution is 2.09. The Hall–Kier alpha value is -1.53. The van der Waals surface area contributed by atoms with Gasteiger partial charge in [0.05, 0.1) is 19.3 Å².